The fourth-order valence-corrected chi connectivity index (χ4v) is 6.56. The molecule has 0 radical (unpaired) electrons. The molecule has 45 heavy (non-hydrogen) atoms. The number of nitrogens with one attached hydrogen (secondary N) is 3. The second-order valence-corrected chi connectivity index (χ2v) is 12.3. The number of carbonyl (C=O) groups excluding carboxylic acids is 1. The zero-order chi connectivity index (χ0) is 31.8. The smallest absolute Gasteiger partial charge is 0.369 e. The molecule has 0 bridgehead atoms. The third kappa shape index (κ3) is 8.88. The van der Waals surface area contributed by atoms with Gasteiger partial charge in [-0.25, -0.2) is 9.78 Å². The highest BCUT2D eigenvalue weighted by atomic mass is 19.4. The van der Waals surface area contributed by atoms with Crippen molar-refractivity contribution in [3.63, 3.8) is 0 Å². The minimum Gasteiger partial charge on any atom is -0.369 e. The van der Waals surface area contributed by atoms with E-state index in [9.17, 15) is 18.0 Å². The Kier molecular flexibility index (Phi) is 11.2. The standard InChI is InChI=1S/C33H47F3N8O/c1-3-24-22-26(25-8-4-16-43(17-5-9-25)27-12-20-42(2)21-13-27)10-11-29(24)40-31-39-23-28(33(34,35)36)30(41-31)37-14-6-18-44-19-7-15-38-32(44)45/h8,10-11,22-23,27H,3-7,9,12-21H2,1-2H3,(H,38,45)(H2,37,39,40,41)/b25-8-. The fraction of sp³-hybridized carbons (Fsp3) is 0.606. The number of benzene rings is 1. The minimum atomic E-state index is -4.60. The van der Waals surface area contributed by atoms with E-state index in [1.807, 2.05) is 6.07 Å². The van der Waals surface area contributed by atoms with Crippen molar-refractivity contribution in [2.75, 3.05) is 70.0 Å². The van der Waals surface area contributed by atoms with Gasteiger partial charge in [-0.3, -0.25) is 4.90 Å². The molecule has 12 heteroatoms. The van der Waals surface area contributed by atoms with E-state index >= 15 is 0 Å². The van der Waals surface area contributed by atoms with Gasteiger partial charge in [0.2, 0.25) is 5.95 Å². The maximum atomic E-state index is 13.8. The monoisotopic (exact) mass is 628 g/mol. The van der Waals surface area contributed by atoms with E-state index in [2.05, 4.69) is 67.9 Å². The van der Waals surface area contributed by atoms with Crippen molar-refractivity contribution >= 4 is 29.1 Å². The van der Waals surface area contributed by atoms with Gasteiger partial charge in [0.25, 0.3) is 0 Å². The number of hydrogen-bond donors (Lipinski definition) is 3. The number of aryl methyl sites for hydroxylation is 1. The van der Waals surface area contributed by atoms with Crippen LogP contribution in [0.5, 0.6) is 0 Å². The Morgan fingerprint density at radius 3 is 2.67 bits per heavy atom. The molecule has 0 aliphatic carbocycles. The Morgan fingerprint density at radius 1 is 1.09 bits per heavy atom. The highest BCUT2D eigenvalue weighted by molar-refractivity contribution is 5.74. The highest BCUT2D eigenvalue weighted by Gasteiger charge is 2.35. The molecule has 3 aliphatic heterocycles. The summed E-state index contributed by atoms with van der Waals surface area (Å²) in [6.45, 7) is 8.63. The molecule has 3 N–H and O–H groups in total. The van der Waals surface area contributed by atoms with Crippen molar-refractivity contribution < 1.29 is 18.0 Å². The average molecular weight is 629 g/mol. The number of amides is 2. The zero-order valence-corrected chi connectivity index (χ0v) is 26.6. The van der Waals surface area contributed by atoms with E-state index in [1.165, 1.54) is 37.1 Å². The predicted molar refractivity (Wildman–Crippen MR) is 173 cm³/mol. The van der Waals surface area contributed by atoms with Gasteiger partial charge in [0.05, 0.1) is 0 Å². The van der Waals surface area contributed by atoms with Gasteiger partial charge < -0.3 is 25.8 Å². The van der Waals surface area contributed by atoms with Crippen LogP contribution in [0.15, 0.2) is 30.5 Å². The summed E-state index contributed by atoms with van der Waals surface area (Å²) >= 11 is 0. The molecule has 0 unspecified atom stereocenters. The molecule has 5 rings (SSSR count). The maximum absolute atomic E-state index is 13.8. The lowest BCUT2D eigenvalue weighted by molar-refractivity contribution is -0.137. The van der Waals surface area contributed by atoms with Crippen LogP contribution in [0.4, 0.5) is 35.4 Å². The first kappa shape index (κ1) is 33.0. The number of piperidine rings is 1. The van der Waals surface area contributed by atoms with Crippen LogP contribution in [0, 0.1) is 0 Å². The summed E-state index contributed by atoms with van der Waals surface area (Å²) < 4.78 is 41.3. The van der Waals surface area contributed by atoms with E-state index in [1.54, 1.807) is 4.90 Å². The van der Waals surface area contributed by atoms with Crippen LogP contribution in [0.2, 0.25) is 0 Å². The summed E-state index contributed by atoms with van der Waals surface area (Å²) in [5.41, 5.74) is 3.48. The van der Waals surface area contributed by atoms with Gasteiger partial charge in [-0.05, 0) is 107 Å². The van der Waals surface area contributed by atoms with E-state index in [0.717, 1.165) is 62.6 Å². The van der Waals surface area contributed by atoms with Gasteiger partial charge in [-0.1, -0.05) is 19.1 Å². The number of halogens is 3. The fourth-order valence-electron chi connectivity index (χ4n) is 6.56. The molecule has 0 atom stereocenters. The van der Waals surface area contributed by atoms with Crippen LogP contribution < -0.4 is 16.0 Å². The van der Waals surface area contributed by atoms with Gasteiger partial charge >= 0.3 is 12.2 Å². The van der Waals surface area contributed by atoms with Crippen LogP contribution in [0.1, 0.15) is 68.6 Å². The second kappa shape index (κ2) is 15.3. The number of hydrogen-bond acceptors (Lipinski definition) is 7. The lowest BCUT2D eigenvalue weighted by atomic mass is 9.94. The van der Waals surface area contributed by atoms with Crippen molar-refractivity contribution in [3.8, 4) is 0 Å². The molecule has 2 aromatic rings. The molecule has 0 saturated carbocycles. The first-order valence-corrected chi connectivity index (χ1v) is 16.4. The number of alkyl halides is 3. The summed E-state index contributed by atoms with van der Waals surface area (Å²) in [4.78, 5) is 27.0. The predicted octanol–water partition coefficient (Wildman–Crippen LogP) is 5.98. The van der Waals surface area contributed by atoms with Crippen LogP contribution in [0.25, 0.3) is 5.57 Å². The number of anilines is 3. The van der Waals surface area contributed by atoms with Gasteiger partial charge in [0, 0.05) is 50.6 Å². The molecule has 0 spiro atoms. The SMILES string of the molecule is CCc1cc(/C2=C\CCN(C3CCN(C)CC3)CCC2)ccc1Nc1ncc(C(F)(F)F)c(NCCCN2CCCNC2=O)n1. The summed E-state index contributed by atoms with van der Waals surface area (Å²) in [7, 11) is 2.21. The minimum absolute atomic E-state index is 0.0996. The molecule has 4 heterocycles. The van der Waals surface area contributed by atoms with E-state index in [-0.39, 0.29) is 24.3 Å². The molecule has 2 fully saturated rings. The number of aromatic nitrogens is 2. The van der Waals surface area contributed by atoms with Crippen LogP contribution in [0.3, 0.4) is 0 Å². The molecule has 9 nitrogen and oxygen atoms in total. The Bertz CT molecular complexity index is 1330. The third-order valence-electron chi connectivity index (χ3n) is 9.17. The summed E-state index contributed by atoms with van der Waals surface area (Å²) in [6.07, 6.45) is 6.39. The molecule has 3 aliphatic rings. The van der Waals surface area contributed by atoms with Gasteiger partial charge in [-0.15, -0.1) is 0 Å². The van der Waals surface area contributed by atoms with E-state index in [4.69, 9.17) is 0 Å². The van der Waals surface area contributed by atoms with E-state index in [0.29, 0.717) is 32.1 Å². The Balaban J connectivity index is 1.23. The summed E-state index contributed by atoms with van der Waals surface area (Å²) in [6, 6.07) is 6.81. The summed E-state index contributed by atoms with van der Waals surface area (Å²) in [5.74, 6) is -0.172. The average Bonchev–Trinajstić information content (AvgIpc) is 3.00. The molecular weight excluding hydrogens is 581 g/mol. The Hall–Kier alpha value is -3.38. The number of nitrogens with zero attached hydrogens (tertiary/aromatic N) is 5. The number of rotatable bonds is 10. The first-order chi connectivity index (χ1) is 21.7. The first-order valence-electron chi connectivity index (χ1n) is 16.4. The van der Waals surface area contributed by atoms with Gasteiger partial charge in [0.15, 0.2) is 0 Å². The van der Waals surface area contributed by atoms with Crippen molar-refractivity contribution in [1.82, 2.24) is 30.0 Å². The third-order valence-corrected chi connectivity index (χ3v) is 9.17. The molecule has 1 aromatic carbocycles. The topological polar surface area (TPSA) is 88.7 Å². The quantitative estimate of drug-likeness (QED) is 0.279. The lowest BCUT2D eigenvalue weighted by Crippen LogP contribution is -2.46. The van der Waals surface area contributed by atoms with Crippen molar-refractivity contribution in [1.29, 1.82) is 0 Å². The largest absolute Gasteiger partial charge is 0.421 e. The number of likely N-dealkylation sites (tertiary alicyclic amines) is 1. The number of carbonyl (C=O) groups is 1. The highest BCUT2D eigenvalue weighted by Crippen LogP contribution is 2.35. The normalized spacial score (nSPS) is 20.6. The Morgan fingerprint density at radius 2 is 1.91 bits per heavy atom. The lowest BCUT2D eigenvalue weighted by Gasteiger charge is -2.38. The van der Waals surface area contributed by atoms with E-state index < -0.39 is 11.7 Å². The van der Waals surface area contributed by atoms with Crippen LogP contribution in [-0.2, 0) is 12.6 Å². The molecule has 1 aromatic heterocycles. The van der Waals surface area contributed by atoms with Gasteiger partial charge in [-0.2, -0.15) is 18.2 Å². The Labute approximate surface area is 264 Å². The molecular formula is C33H47F3N8O. The van der Waals surface area contributed by atoms with Crippen molar-refractivity contribution in [2.45, 2.75) is 70.5 Å². The molecule has 246 valence electrons. The molecule has 2 saturated heterocycles. The van der Waals surface area contributed by atoms with Crippen LogP contribution >= 0.6 is 0 Å². The van der Waals surface area contributed by atoms with Crippen molar-refractivity contribution in [2.24, 2.45) is 0 Å². The summed E-state index contributed by atoms with van der Waals surface area (Å²) in [5, 5.41) is 8.79. The van der Waals surface area contributed by atoms with Crippen LogP contribution in [-0.4, -0.2) is 96.1 Å². The number of urea groups is 1. The van der Waals surface area contributed by atoms with Gasteiger partial charge in [0.1, 0.15) is 11.4 Å². The maximum Gasteiger partial charge on any atom is 0.421 e. The second-order valence-electron chi connectivity index (χ2n) is 12.3. The zero-order valence-electron chi connectivity index (χ0n) is 26.6. The molecule has 2 amide bonds. The number of allylic oxidation sites excluding steroid dienone is 1. The van der Waals surface area contributed by atoms with Crippen molar-refractivity contribution in [3.05, 3.63) is 47.2 Å².